The maximum atomic E-state index is 4.75. The van der Waals surface area contributed by atoms with E-state index in [1.54, 1.807) is 12.4 Å². The van der Waals surface area contributed by atoms with Gasteiger partial charge in [-0.2, -0.15) is 5.10 Å². The molecule has 1 N–H and O–H groups in total. The van der Waals surface area contributed by atoms with Crippen molar-refractivity contribution in [1.29, 1.82) is 0 Å². The molecule has 30 heavy (non-hydrogen) atoms. The summed E-state index contributed by atoms with van der Waals surface area (Å²) in [6, 6.07) is 16.6. The minimum atomic E-state index is 0.196. The van der Waals surface area contributed by atoms with Gasteiger partial charge >= 0.3 is 0 Å². The molecule has 0 saturated carbocycles. The highest BCUT2D eigenvalue weighted by atomic mass is 15.3. The number of rotatable bonds is 5. The first kappa shape index (κ1) is 18.8. The summed E-state index contributed by atoms with van der Waals surface area (Å²) in [7, 11) is 0. The van der Waals surface area contributed by atoms with Crippen molar-refractivity contribution in [2.45, 2.75) is 39.3 Å². The summed E-state index contributed by atoms with van der Waals surface area (Å²) < 4.78 is 4.14. The molecule has 3 aromatic heterocycles. The van der Waals surface area contributed by atoms with Crippen LogP contribution in [0.3, 0.4) is 0 Å². The largest absolute Gasteiger partial charge is 0.304 e. The van der Waals surface area contributed by atoms with Crippen molar-refractivity contribution in [2.24, 2.45) is 5.41 Å². The summed E-state index contributed by atoms with van der Waals surface area (Å²) >= 11 is 0. The highest BCUT2D eigenvalue weighted by Gasteiger charge is 2.35. The quantitative estimate of drug-likeness (QED) is 0.546. The topological polar surface area (TPSA) is 60.6 Å². The monoisotopic (exact) mass is 398 g/mol. The lowest BCUT2D eigenvalue weighted by Crippen LogP contribution is -2.34. The predicted octanol–water partition coefficient (Wildman–Crippen LogP) is 4.26. The second kappa shape index (κ2) is 7.54. The van der Waals surface area contributed by atoms with Gasteiger partial charge in [-0.15, -0.1) is 0 Å². The smallest absolute Gasteiger partial charge is 0.233 e. The van der Waals surface area contributed by atoms with Gasteiger partial charge in [-0.1, -0.05) is 32.0 Å². The highest BCUT2D eigenvalue weighted by molar-refractivity contribution is 5.38. The van der Waals surface area contributed by atoms with E-state index in [0.29, 0.717) is 5.95 Å². The normalized spacial score (nSPS) is 17.6. The van der Waals surface area contributed by atoms with Crippen molar-refractivity contribution in [2.75, 3.05) is 0 Å². The molecule has 152 valence electrons. The Kier molecular flexibility index (Phi) is 4.71. The zero-order valence-electron chi connectivity index (χ0n) is 17.4. The van der Waals surface area contributed by atoms with Crippen molar-refractivity contribution in [3.8, 4) is 11.6 Å². The van der Waals surface area contributed by atoms with E-state index in [9.17, 15) is 0 Å². The summed E-state index contributed by atoms with van der Waals surface area (Å²) in [4.78, 5) is 8.77. The minimum Gasteiger partial charge on any atom is -0.304 e. The zero-order chi connectivity index (χ0) is 20.6. The van der Waals surface area contributed by atoms with Crippen LogP contribution in [0.4, 0.5) is 0 Å². The number of fused-ring (bicyclic) bond motifs is 1. The summed E-state index contributed by atoms with van der Waals surface area (Å²) in [5.74, 6) is 0.695. The zero-order valence-corrected chi connectivity index (χ0v) is 17.4. The number of hydrogen-bond donors (Lipinski definition) is 1. The van der Waals surface area contributed by atoms with Crippen LogP contribution in [-0.2, 0) is 13.0 Å². The summed E-state index contributed by atoms with van der Waals surface area (Å²) in [5.41, 5.74) is 5.05. The third-order valence-electron chi connectivity index (χ3n) is 5.81. The van der Waals surface area contributed by atoms with Crippen LogP contribution in [0, 0.1) is 5.41 Å². The van der Waals surface area contributed by atoms with Gasteiger partial charge < -0.3 is 5.32 Å². The van der Waals surface area contributed by atoms with E-state index in [-0.39, 0.29) is 11.5 Å². The average molecular weight is 399 g/mol. The Morgan fingerprint density at radius 3 is 2.63 bits per heavy atom. The molecular formula is C24H26N6. The Bertz CT molecular complexity index is 1130. The molecule has 0 amide bonds. The number of aromatic nitrogens is 5. The van der Waals surface area contributed by atoms with Crippen molar-refractivity contribution in [3.05, 3.63) is 90.3 Å². The highest BCUT2D eigenvalue weighted by Crippen LogP contribution is 2.41. The first-order valence-electron chi connectivity index (χ1n) is 10.4. The van der Waals surface area contributed by atoms with Crippen molar-refractivity contribution >= 4 is 0 Å². The van der Waals surface area contributed by atoms with Crippen molar-refractivity contribution in [1.82, 2.24) is 29.6 Å². The van der Waals surface area contributed by atoms with E-state index in [4.69, 9.17) is 5.10 Å². The third-order valence-corrected chi connectivity index (χ3v) is 5.81. The molecule has 5 rings (SSSR count). The molecule has 1 atom stereocenters. The number of nitrogens with one attached hydrogen (secondary N) is 1. The fraction of sp³-hybridized carbons (Fsp3) is 0.292. The number of para-hydroxylation sites is 1. The van der Waals surface area contributed by atoms with Crippen LogP contribution >= 0.6 is 0 Å². The molecule has 0 spiro atoms. The summed E-state index contributed by atoms with van der Waals surface area (Å²) in [6.07, 6.45) is 9.68. The fourth-order valence-electron chi connectivity index (χ4n) is 4.42. The van der Waals surface area contributed by atoms with Crippen LogP contribution in [0.15, 0.2) is 73.3 Å². The molecule has 1 aromatic carbocycles. The molecule has 0 saturated heterocycles. The SMILES string of the molecule is CC1(C)Cc2c(cnn2-c2ccccc2)[C@@H](NCc2cccn2-c2ncccn2)C1. The molecule has 0 unspecified atom stereocenters. The van der Waals surface area contributed by atoms with Gasteiger partial charge in [0.05, 0.1) is 11.9 Å². The predicted molar refractivity (Wildman–Crippen MR) is 117 cm³/mol. The number of benzene rings is 1. The van der Waals surface area contributed by atoms with Crippen LogP contribution in [-0.4, -0.2) is 24.3 Å². The van der Waals surface area contributed by atoms with E-state index in [1.165, 1.54) is 11.3 Å². The van der Waals surface area contributed by atoms with Gasteiger partial charge in [0, 0.05) is 48.1 Å². The van der Waals surface area contributed by atoms with Gasteiger partial charge in [-0.3, -0.25) is 4.57 Å². The van der Waals surface area contributed by atoms with Crippen LogP contribution in [0.1, 0.15) is 43.3 Å². The Balaban J connectivity index is 1.42. The maximum Gasteiger partial charge on any atom is 0.233 e. The third kappa shape index (κ3) is 3.55. The molecule has 1 aliphatic carbocycles. The van der Waals surface area contributed by atoms with E-state index < -0.39 is 0 Å². The minimum absolute atomic E-state index is 0.196. The lowest BCUT2D eigenvalue weighted by Gasteiger charge is -2.36. The maximum absolute atomic E-state index is 4.75. The van der Waals surface area contributed by atoms with Crippen molar-refractivity contribution < 1.29 is 0 Å². The van der Waals surface area contributed by atoms with Gasteiger partial charge in [0.1, 0.15) is 0 Å². The van der Waals surface area contributed by atoms with Crippen molar-refractivity contribution in [3.63, 3.8) is 0 Å². The molecule has 4 aromatic rings. The molecule has 3 heterocycles. The van der Waals surface area contributed by atoms with Crippen LogP contribution in [0.25, 0.3) is 11.6 Å². The van der Waals surface area contributed by atoms with Gasteiger partial charge in [-0.05, 0) is 48.6 Å². The lowest BCUT2D eigenvalue weighted by atomic mass is 9.74. The van der Waals surface area contributed by atoms with Gasteiger partial charge in [0.15, 0.2) is 0 Å². The van der Waals surface area contributed by atoms with Crippen LogP contribution < -0.4 is 5.32 Å². The van der Waals surface area contributed by atoms with E-state index >= 15 is 0 Å². The van der Waals surface area contributed by atoms with E-state index in [2.05, 4.69) is 64.1 Å². The Labute approximate surface area is 176 Å². The van der Waals surface area contributed by atoms with E-state index in [1.807, 2.05) is 35.2 Å². The van der Waals surface area contributed by atoms with Crippen LogP contribution in [0.5, 0.6) is 0 Å². The van der Waals surface area contributed by atoms with Gasteiger partial charge in [-0.25, -0.2) is 14.6 Å². The first-order valence-corrected chi connectivity index (χ1v) is 10.4. The Morgan fingerprint density at radius 2 is 1.83 bits per heavy atom. The first-order chi connectivity index (χ1) is 14.6. The standard InChI is InChI=1S/C24H26N6/c1-24(2)14-21(20-17-28-30(22(20)15-24)18-8-4-3-5-9-18)27-16-19-10-6-13-29(19)23-25-11-7-12-26-23/h3-13,17,21,27H,14-16H2,1-2H3/t21-/m0/s1. The molecule has 0 fully saturated rings. The molecule has 0 bridgehead atoms. The lowest BCUT2D eigenvalue weighted by molar-refractivity contribution is 0.252. The van der Waals surface area contributed by atoms with Gasteiger partial charge in [0.25, 0.3) is 0 Å². The van der Waals surface area contributed by atoms with E-state index in [0.717, 1.165) is 30.8 Å². The van der Waals surface area contributed by atoms with Crippen LogP contribution in [0.2, 0.25) is 0 Å². The Morgan fingerprint density at radius 1 is 1.03 bits per heavy atom. The second-order valence-electron chi connectivity index (χ2n) is 8.69. The molecule has 1 aliphatic rings. The number of nitrogens with zero attached hydrogens (tertiary/aromatic N) is 5. The molecule has 0 aliphatic heterocycles. The molecule has 6 heteroatoms. The van der Waals surface area contributed by atoms with Gasteiger partial charge in [0.2, 0.25) is 5.95 Å². The molecule has 6 nitrogen and oxygen atoms in total. The molecular weight excluding hydrogens is 372 g/mol. The molecule has 0 radical (unpaired) electrons. The average Bonchev–Trinajstić information content (AvgIpc) is 3.39. The number of hydrogen-bond acceptors (Lipinski definition) is 4. The fourth-order valence-corrected chi connectivity index (χ4v) is 4.42. The summed E-state index contributed by atoms with van der Waals surface area (Å²) in [6.45, 7) is 5.42. The second-order valence-corrected chi connectivity index (χ2v) is 8.69. The summed E-state index contributed by atoms with van der Waals surface area (Å²) in [5, 5.41) is 8.53. The Hall–Kier alpha value is -3.25.